The zero-order valence-electron chi connectivity index (χ0n) is 11.4. The van der Waals surface area contributed by atoms with Gasteiger partial charge in [-0.3, -0.25) is 4.79 Å². The number of rotatable bonds is 5. The Balaban J connectivity index is 1.54. The summed E-state index contributed by atoms with van der Waals surface area (Å²) in [4.78, 5) is 16.1. The lowest BCUT2D eigenvalue weighted by Gasteiger charge is -2.02. The number of esters is 1. The number of hydrogen-bond acceptors (Lipinski definition) is 6. The molecular weight excluding hydrogens is 415 g/mol. The summed E-state index contributed by atoms with van der Waals surface area (Å²) in [6.07, 6.45) is 0.553. The molecule has 0 N–H and O–H groups in total. The standard InChI is InChI=1S/C15H11IN2O3S/c16-11-1-3-12(4-2-11)20-14(19)6-5-13-17-15(18-21-13)10-7-8-22-9-10/h1-4,7-9H,5-6H2. The van der Waals surface area contributed by atoms with E-state index in [0.717, 1.165) is 9.13 Å². The summed E-state index contributed by atoms with van der Waals surface area (Å²) in [6.45, 7) is 0. The third-order valence-corrected chi connectivity index (χ3v) is 4.24. The number of aromatic nitrogens is 2. The van der Waals surface area contributed by atoms with Crippen molar-refractivity contribution >= 4 is 39.9 Å². The van der Waals surface area contributed by atoms with Crippen molar-refractivity contribution in [2.45, 2.75) is 12.8 Å². The lowest BCUT2D eigenvalue weighted by Crippen LogP contribution is -2.09. The van der Waals surface area contributed by atoms with Crippen molar-refractivity contribution in [1.29, 1.82) is 0 Å². The van der Waals surface area contributed by atoms with Gasteiger partial charge in [-0.25, -0.2) is 0 Å². The first-order valence-electron chi connectivity index (χ1n) is 6.52. The highest BCUT2D eigenvalue weighted by Crippen LogP contribution is 2.19. The maximum atomic E-state index is 11.8. The van der Waals surface area contributed by atoms with Crippen molar-refractivity contribution in [2.75, 3.05) is 0 Å². The summed E-state index contributed by atoms with van der Waals surface area (Å²) in [6, 6.07) is 9.22. The number of nitrogens with zero attached hydrogens (tertiary/aromatic N) is 2. The van der Waals surface area contributed by atoms with Gasteiger partial charge in [-0.15, -0.1) is 0 Å². The fourth-order valence-electron chi connectivity index (χ4n) is 1.76. The van der Waals surface area contributed by atoms with Crippen LogP contribution in [0, 0.1) is 3.57 Å². The Morgan fingerprint density at radius 1 is 1.27 bits per heavy atom. The van der Waals surface area contributed by atoms with Crippen LogP contribution in [0.5, 0.6) is 5.75 Å². The lowest BCUT2D eigenvalue weighted by molar-refractivity contribution is -0.134. The van der Waals surface area contributed by atoms with Crippen molar-refractivity contribution in [3.8, 4) is 17.1 Å². The first kappa shape index (κ1) is 15.2. The van der Waals surface area contributed by atoms with Crippen LogP contribution in [0.2, 0.25) is 0 Å². The molecule has 0 amide bonds. The van der Waals surface area contributed by atoms with Crippen LogP contribution in [0.15, 0.2) is 45.6 Å². The second-order valence-corrected chi connectivity index (χ2v) is 6.48. The van der Waals surface area contributed by atoms with Crippen molar-refractivity contribution in [2.24, 2.45) is 0 Å². The molecule has 0 radical (unpaired) electrons. The Labute approximate surface area is 144 Å². The molecule has 0 aliphatic carbocycles. The molecule has 1 aromatic carbocycles. The van der Waals surface area contributed by atoms with Gasteiger partial charge in [0.2, 0.25) is 11.7 Å². The molecule has 3 aromatic rings. The predicted octanol–water partition coefficient (Wildman–Crippen LogP) is 3.94. The highest BCUT2D eigenvalue weighted by atomic mass is 127. The zero-order valence-corrected chi connectivity index (χ0v) is 14.3. The van der Waals surface area contributed by atoms with E-state index >= 15 is 0 Å². The number of ether oxygens (including phenoxy) is 1. The van der Waals surface area contributed by atoms with Gasteiger partial charge < -0.3 is 9.26 Å². The van der Waals surface area contributed by atoms with Crippen LogP contribution in [0.3, 0.4) is 0 Å². The molecule has 0 aliphatic rings. The van der Waals surface area contributed by atoms with Crippen molar-refractivity contribution in [3.63, 3.8) is 0 Å². The summed E-state index contributed by atoms with van der Waals surface area (Å²) < 4.78 is 11.5. The second kappa shape index (κ2) is 7.01. The van der Waals surface area contributed by atoms with E-state index in [2.05, 4.69) is 32.7 Å². The second-order valence-electron chi connectivity index (χ2n) is 4.45. The molecule has 22 heavy (non-hydrogen) atoms. The number of aryl methyl sites for hydroxylation is 1. The fraction of sp³-hybridized carbons (Fsp3) is 0.133. The van der Waals surface area contributed by atoms with Gasteiger partial charge in [0.1, 0.15) is 5.75 Å². The van der Waals surface area contributed by atoms with E-state index in [-0.39, 0.29) is 12.4 Å². The lowest BCUT2D eigenvalue weighted by atomic mass is 10.3. The molecule has 5 nitrogen and oxygen atoms in total. The minimum atomic E-state index is -0.323. The predicted molar refractivity (Wildman–Crippen MR) is 90.7 cm³/mol. The van der Waals surface area contributed by atoms with E-state index in [1.165, 1.54) is 0 Å². The first-order valence-corrected chi connectivity index (χ1v) is 8.54. The summed E-state index contributed by atoms with van der Waals surface area (Å²) in [7, 11) is 0. The first-order chi connectivity index (χ1) is 10.7. The van der Waals surface area contributed by atoms with E-state index in [1.54, 1.807) is 23.5 Å². The molecule has 0 saturated heterocycles. The van der Waals surface area contributed by atoms with Crippen molar-refractivity contribution < 1.29 is 14.1 Å². The highest BCUT2D eigenvalue weighted by molar-refractivity contribution is 14.1. The summed E-state index contributed by atoms with van der Waals surface area (Å²) in [5, 5.41) is 7.79. The van der Waals surface area contributed by atoms with Gasteiger partial charge >= 0.3 is 5.97 Å². The molecule has 3 rings (SSSR count). The van der Waals surface area contributed by atoms with Gasteiger partial charge in [-0.2, -0.15) is 16.3 Å². The molecule has 112 valence electrons. The number of carbonyl (C=O) groups is 1. The maximum Gasteiger partial charge on any atom is 0.311 e. The average molecular weight is 426 g/mol. The fourth-order valence-corrected chi connectivity index (χ4v) is 2.75. The summed E-state index contributed by atoms with van der Waals surface area (Å²) in [5.74, 6) is 1.19. The summed E-state index contributed by atoms with van der Waals surface area (Å²) in [5.41, 5.74) is 0.918. The Bertz CT molecular complexity index is 753. The van der Waals surface area contributed by atoms with Crippen LogP contribution >= 0.6 is 33.9 Å². The van der Waals surface area contributed by atoms with E-state index < -0.39 is 0 Å². The molecule has 0 atom stereocenters. The molecule has 0 saturated carbocycles. The SMILES string of the molecule is O=C(CCc1nc(-c2ccsc2)no1)Oc1ccc(I)cc1. The monoisotopic (exact) mass is 426 g/mol. The topological polar surface area (TPSA) is 65.2 Å². The maximum absolute atomic E-state index is 11.8. The molecule has 7 heteroatoms. The highest BCUT2D eigenvalue weighted by Gasteiger charge is 2.12. The quantitative estimate of drug-likeness (QED) is 0.351. The van der Waals surface area contributed by atoms with Crippen LogP contribution in [0.25, 0.3) is 11.4 Å². The van der Waals surface area contributed by atoms with Crippen LogP contribution in [0.1, 0.15) is 12.3 Å². The normalized spacial score (nSPS) is 10.6. The van der Waals surface area contributed by atoms with E-state index in [4.69, 9.17) is 9.26 Å². The Morgan fingerprint density at radius 3 is 2.82 bits per heavy atom. The number of carbonyl (C=O) groups excluding carboxylic acids is 1. The van der Waals surface area contributed by atoms with Crippen LogP contribution in [-0.4, -0.2) is 16.1 Å². The van der Waals surface area contributed by atoms with Crippen LogP contribution in [-0.2, 0) is 11.2 Å². The minimum Gasteiger partial charge on any atom is -0.427 e. The van der Waals surface area contributed by atoms with Crippen LogP contribution in [0.4, 0.5) is 0 Å². The van der Waals surface area contributed by atoms with Gasteiger partial charge in [-0.05, 0) is 58.3 Å². The third kappa shape index (κ3) is 3.92. The number of hydrogen-bond donors (Lipinski definition) is 0. The molecular formula is C15H11IN2O3S. The minimum absolute atomic E-state index is 0.192. The Kier molecular flexibility index (Phi) is 4.84. The smallest absolute Gasteiger partial charge is 0.311 e. The van der Waals surface area contributed by atoms with Gasteiger partial charge in [0, 0.05) is 20.9 Å². The molecule has 0 bridgehead atoms. The van der Waals surface area contributed by atoms with Crippen LogP contribution < -0.4 is 4.74 Å². The van der Waals surface area contributed by atoms with Gasteiger partial charge in [0.25, 0.3) is 0 Å². The molecule has 0 unspecified atom stereocenters. The molecule has 2 aromatic heterocycles. The molecule has 0 fully saturated rings. The van der Waals surface area contributed by atoms with E-state index in [0.29, 0.717) is 23.9 Å². The number of thiophene rings is 1. The van der Waals surface area contributed by atoms with E-state index in [9.17, 15) is 4.79 Å². The molecule has 0 spiro atoms. The largest absolute Gasteiger partial charge is 0.427 e. The number of halogens is 1. The Morgan fingerprint density at radius 2 is 2.09 bits per heavy atom. The van der Waals surface area contributed by atoms with Crippen molar-refractivity contribution in [3.05, 3.63) is 50.6 Å². The van der Waals surface area contributed by atoms with Gasteiger partial charge in [0.05, 0.1) is 6.42 Å². The van der Waals surface area contributed by atoms with Gasteiger partial charge in [-0.1, -0.05) is 5.16 Å². The Hall–Kier alpha value is -1.74. The number of benzene rings is 1. The third-order valence-electron chi connectivity index (χ3n) is 2.84. The van der Waals surface area contributed by atoms with Crippen molar-refractivity contribution in [1.82, 2.24) is 10.1 Å². The van der Waals surface area contributed by atoms with Gasteiger partial charge in [0.15, 0.2) is 0 Å². The average Bonchev–Trinajstić information content (AvgIpc) is 3.18. The summed E-state index contributed by atoms with van der Waals surface area (Å²) >= 11 is 3.76. The molecule has 2 heterocycles. The zero-order chi connectivity index (χ0) is 15.4. The molecule has 0 aliphatic heterocycles. The van der Waals surface area contributed by atoms with E-state index in [1.807, 2.05) is 29.0 Å².